The topological polar surface area (TPSA) is 61.3 Å². The van der Waals surface area contributed by atoms with Crippen molar-refractivity contribution in [1.29, 1.82) is 0 Å². The molecule has 1 aromatic carbocycles. The fourth-order valence-electron chi connectivity index (χ4n) is 1.71. The van der Waals surface area contributed by atoms with Crippen LogP contribution in [0.25, 0.3) is 11.0 Å². The van der Waals surface area contributed by atoms with Gasteiger partial charge in [0.25, 0.3) is 0 Å². The number of ether oxygens (including phenoxy) is 2. The van der Waals surface area contributed by atoms with E-state index >= 15 is 0 Å². The van der Waals surface area contributed by atoms with Crippen molar-refractivity contribution in [3.05, 3.63) is 23.9 Å². The highest BCUT2D eigenvalue weighted by Crippen LogP contribution is 2.25. The molecule has 106 valence electrons. The molecular formula is C14H16N2O3S. The molecule has 0 fully saturated rings. The molecule has 0 amide bonds. The first-order chi connectivity index (χ1) is 9.69. The molecule has 2 aromatic rings. The van der Waals surface area contributed by atoms with Gasteiger partial charge in [0.1, 0.15) is 10.8 Å². The van der Waals surface area contributed by atoms with Crippen LogP contribution in [0.2, 0.25) is 0 Å². The Morgan fingerprint density at radius 3 is 2.70 bits per heavy atom. The van der Waals surface area contributed by atoms with Gasteiger partial charge in [-0.2, -0.15) is 0 Å². The van der Waals surface area contributed by atoms with Crippen molar-refractivity contribution in [3.63, 3.8) is 0 Å². The van der Waals surface area contributed by atoms with E-state index in [-0.39, 0.29) is 5.69 Å². The van der Waals surface area contributed by atoms with Crippen molar-refractivity contribution < 1.29 is 14.3 Å². The molecule has 0 radical (unpaired) electrons. The van der Waals surface area contributed by atoms with Gasteiger partial charge in [0.05, 0.1) is 24.8 Å². The SMILES string of the molecule is CCOC(=O)c1nc2ccc(OC)cc2nc1SCC. The molecule has 0 atom stereocenters. The molecule has 0 N–H and O–H groups in total. The van der Waals surface area contributed by atoms with Gasteiger partial charge in [-0.25, -0.2) is 14.8 Å². The number of hydrogen-bond donors (Lipinski definition) is 0. The first kappa shape index (κ1) is 14.6. The number of fused-ring (bicyclic) bond motifs is 1. The second kappa shape index (κ2) is 6.56. The van der Waals surface area contributed by atoms with Crippen LogP contribution in [0.3, 0.4) is 0 Å². The standard InChI is InChI=1S/C14H16N2O3S/c1-4-19-14(17)12-13(20-5-2)16-11-8-9(18-3)6-7-10(11)15-12/h6-8H,4-5H2,1-3H3. The van der Waals surface area contributed by atoms with Crippen LogP contribution in [0.5, 0.6) is 5.75 Å². The van der Waals surface area contributed by atoms with Gasteiger partial charge in [-0.15, -0.1) is 11.8 Å². The predicted molar refractivity (Wildman–Crippen MR) is 78.4 cm³/mol. The summed E-state index contributed by atoms with van der Waals surface area (Å²) in [6, 6.07) is 5.37. The second-order valence-corrected chi connectivity index (χ2v) is 5.14. The van der Waals surface area contributed by atoms with Crippen LogP contribution in [0, 0.1) is 0 Å². The van der Waals surface area contributed by atoms with Gasteiger partial charge in [0.2, 0.25) is 0 Å². The lowest BCUT2D eigenvalue weighted by molar-refractivity contribution is 0.0514. The normalized spacial score (nSPS) is 10.6. The number of esters is 1. The monoisotopic (exact) mass is 292 g/mol. The maximum Gasteiger partial charge on any atom is 0.359 e. The Hall–Kier alpha value is -1.82. The van der Waals surface area contributed by atoms with Crippen molar-refractivity contribution in [2.45, 2.75) is 18.9 Å². The van der Waals surface area contributed by atoms with Gasteiger partial charge in [0, 0.05) is 6.07 Å². The fourth-order valence-corrected chi connectivity index (χ4v) is 2.42. The molecule has 1 aromatic heterocycles. The first-order valence-corrected chi connectivity index (χ1v) is 7.33. The molecule has 0 bridgehead atoms. The molecule has 2 rings (SSSR count). The molecule has 20 heavy (non-hydrogen) atoms. The number of aromatic nitrogens is 2. The smallest absolute Gasteiger partial charge is 0.359 e. The average molecular weight is 292 g/mol. The Bertz CT molecular complexity index is 631. The van der Waals surface area contributed by atoms with E-state index < -0.39 is 5.97 Å². The molecule has 0 unspecified atom stereocenters. The summed E-state index contributed by atoms with van der Waals surface area (Å²) in [7, 11) is 1.60. The van der Waals surface area contributed by atoms with Crippen LogP contribution in [0.1, 0.15) is 24.3 Å². The molecule has 0 saturated heterocycles. The maximum absolute atomic E-state index is 11.9. The summed E-state index contributed by atoms with van der Waals surface area (Å²) in [6.45, 7) is 4.08. The minimum absolute atomic E-state index is 0.274. The van der Waals surface area contributed by atoms with Crippen LogP contribution in [0.15, 0.2) is 23.2 Å². The Morgan fingerprint density at radius 2 is 2.05 bits per heavy atom. The highest BCUT2D eigenvalue weighted by Gasteiger charge is 2.17. The van der Waals surface area contributed by atoms with Crippen molar-refractivity contribution in [2.24, 2.45) is 0 Å². The quantitative estimate of drug-likeness (QED) is 0.624. The third kappa shape index (κ3) is 3.01. The van der Waals surface area contributed by atoms with Crippen LogP contribution in [-0.2, 0) is 4.74 Å². The number of rotatable bonds is 5. The highest BCUT2D eigenvalue weighted by atomic mass is 32.2. The summed E-state index contributed by atoms with van der Waals surface area (Å²) in [5.74, 6) is 1.08. The minimum Gasteiger partial charge on any atom is -0.497 e. The van der Waals surface area contributed by atoms with Crippen molar-refractivity contribution in [2.75, 3.05) is 19.5 Å². The number of carbonyl (C=O) groups excluding carboxylic acids is 1. The van der Waals surface area contributed by atoms with Crippen molar-refractivity contribution in [3.8, 4) is 5.75 Å². The summed E-state index contributed by atoms with van der Waals surface area (Å²) in [4.78, 5) is 20.8. The Balaban J connectivity index is 2.55. The molecule has 0 saturated carbocycles. The van der Waals surface area contributed by atoms with Gasteiger partial charge >= 0.3 is 5.97 Å². The molecule has 0 aliphatic carbocycles. The third-order valence-corrected chi connectivity index (χ3v) is 3.44. The number of carbonyl (C=O) groups is 1. The Kier molecular flexibility index (Phi) is 4.79. The Labute approximate surface area is 121 Å². The number of thioether (sulfide) groups is 1. The van der Waals surface area contributed by atoms with E-state index in [1.165, 1.54) is 11.8 Å². The van der Waals surface area contributed by atoms with Crippen molar-refractivity contribution in [1.82, 2.24) is 9.97 Å². The number of methoxy groups -OCH3 is 1. The summed E-state index contributed by atoms with van der Waals surface area (Å²) in [5.41, 5.74) is 1.62. The van der Waals surface area contributed by atoms with E-state index in [4.69, 9.17) is 9.47 Å². The fraction of sp³-hybridized carbons (Fsp3) is 0.357. The lowest BCUT2D eigenvalue weighted by atomic mass is 10.2. The van der Waals surface area contributed by atoms with Crippen LogP contribution in [0.4, 0.5) is 0 Å². The lowest BCUT2D eigenvalue weighted by Crippen LogP contribution is -2.10. The van der Waals surface area contributed by atoms with E-state index in [0.29, 0.717) is 28.4 Å². The highest BCUT2D eigenvalue weighted by molar-refractivity contribution is 7.99. The summed E-state index contributed by atoms with van der Waals surface area (Å²) in [6.07, 6.45) is 0. The molecule has 5 nitrogen and oxygen atoms in total. The second-order valence-electron chi connectivity index (χ2n) is 3.89. The van der Waals surface area contributed by atoms with E-state index in [1.807, 2.05) is 6.92 Å². The maximum atomic E-state index is 11.9. The van der Waals surface area contributed by atoms with Gasteiger partial charge in [-0.1, -0.05) is 6.92 Å². The molecule has 0 aliphatic heterocycles. The van der Waals surface area contributed by atoms with E-state index in [2.05, 4.69) is 9.97 Å². The predicted octanol–water partition coefficient (Wildman–Crippen LogP) is 2.93. The van der Waals surface area contributed by atoms with E-state index in [0.717, 1.165) is 5.75 Å². The van der Waals surface area contributed by atoms with Gasteiger partial charge in [-0.3, -0.25) is 0 Å². The number of hydrogen-bond acceptors (Lipinski definition) is 6. The van der Waals surface area contributed by atoms with Gasteiger partial charge in [-0.05, 0) is 24.8 Å². The molecule has 1 heterocycles. The zero-order chi connectivity index (χ0) is 14.5. The van der Waals surface area contributed by atoms with Crippen LogP contribution >= 0.6 is 11.8 Å². The molecule has 0 spiro atoms. The van der Waals surface area contributed by atoms with Crippen molar-refractivity contribution >= 4 is 28.8 Å². The zero-order valence-electron chi connectivity index (χ0n) is 11.7. The number of benzene rings is 1. The minimum atomic E-state index is -0.436. The number of nitrogens with zero attached hydrogens (tertiary/aromatic N) is 2. The van der Waals surface area contributed by atoms with Gasteiger partial charge in [0.15, 0.2) is 5.69 Å². The average Bonchev–Trinajstić information content (AvgIpc) is 2.46. The third-order valence-electron chi connectivity index (χ3n) is 2.59. The molecule has 6 heteroatoms. The van der Waals surface area contributed by atoms with Gasteiger partial charge < -0.3 is 9.47 Å². The largest absolute Gasteiger partial charge is 0.497 e. The van der Waals surface area contributed by atoms with E-state index in [1.54, 1.807) is 32.2 Å². The van der Waals surface area contributed by atoms with Crippen LogP contribution < -0.4 is 4.74 Å². The summed E-state index contributed by atoms with van der Waals surface area (Å²) in [5, 5.41) is 0.590. The first-order valence-electron chi connectivity index (χ1n) is 6.35. The zero-order valence-corrected chi connectivity index (χ0v) is 12.5. The molecular weight excluding hydrogens is 276 g/mol. The van der Waals surface area contributed by atoms with Crippen LogP contribution in [-0.4, -0.2) is 35.4 Å². The lowest BCUT2D eigenvalue weighted by Gasteiger charge is -2.08. The summed E-state index contributed by atoms with van der Waals surface area (Å²) >= 11 is 1.47. The Morgan fingerprint density at radius 1 is 1.25 bits per heavy atom. The van der Waals surface area contributed by atoms with E-state index in [9.17, 15) is 4.79 Å². The summed E-state index contributed by atoms with van der Waals surface area (Å²) < 4.78 is 10.2. The molecule has 0 aliphatic rings.